The highest BCUT2D eigenvalue weighted by Crippen LogP contribution is 2.19. The van der Waals surface area contributed by atoms with Crippen LogP contribution in [0, 0.1) is 0 Å². The van der Waals surface area contributed by atoms with Crippen molar-refractivity contribution in [1.29, 1.82) is 0 Å². The number of rotatable bonds is 7. The van der Waals surface area contributed by atoms with Crippen molar-refractivity contribution in [2.24, 2.45) is 0 Å². The zero-order valence-corrected chi connectivity index (χ0v) is 9.80. The first-order valence-electron chi connectivity index (χ1n) is 5.38. The Balaban J connectivity index is 2.53. The first-order chi connectivity index (χ1) is 8.61. The van der Waals surface area contributed by atoms with Crippen LogP contribution in [0.5, 0.6) is 11.5 Å². The molecule has 1 aromatic rings. The summed E-state index contributed by atoms with van der Waals surface area (Å²) in [6.45, 7) is 3.88. The summed E-state index contributed by atoms with van der Waals surface area (Å²) < 4.78 is 10.2. The van der Waals surface area contributed by atoms with E-state index in [1.54, 1.807) is 30.3 Å². The second-order valence-electron chi connectivity index (χ2n) is 3.44. The molecule has 0 atom stereocenters. The summed E-state index contributed by atoms with van der Waals surface area (Å²) in [6, 6.07) is 6.55. The molecule has 1 N–H and O–H groups in total. The summed E-state index contributed by atoms with van der Waals surface area (Å²) in [5, 5.41) is 8.43. The van der Waals surface area contributed by atoms with Crippen molar-refractivity contribution >= 4 is 11.9 Å². The Bertz CT molecular complexity index is 439. The van der Waals surface area contributed by atoms with Gasteiger partial charge in [-0.2, -0.15) is 0 Å². The normalized spacial score (nSPS) is 9.56. The summed E-state index contributed by atoms with van der Waals surface area (Å²) in [5.74, 6) is -0.737. The highest BCUT2D eigenvalue weighted by Gasteiger charge is 2.08. The molecule has 0 aromatic heterocycles. The molecule has 0 radical (unpaired) electrons. The predicted molar refractivity (Wildman–Crippen MR) is 64.6 cm³/mol. The Morgan fingerprint density at radius 1 is 1.28 bits per heavy atom. The lowest BCUT2D eigenvalue weighted by atomic mass is 10.3. The van der Waals surface area contributed by atoms with Gasteiger partial charge in [-0.05, 0) is 12.1 Å². The maximum absolute atomic E-state index is 11.3. The van der Waals surface area contributed by atoms with Crippen LogP contribution in [0.4, 0.5) is 0 Å². The standard InChI is InChI=1S/C13H14O5/c1-2-8-17-10-4-3-5-11(9-10)18-13(16)7-6-12(14)15/h2-5,9H,1,6-8H2,(H,14,15). The predicted octanol–water partition coefficient (Wildman–Crippen LogP) is 2.02. The van der Waals surface area contributed by atoms with Crippen molar-refractivity contribution in [3.63, 3.8) is 0 Å². The van der Waals surface area contributed by atoms with Crippen LogP contribution in [0.3, 0.4) is 0 Å². The average molecular weight is 250 g/mol. The Labute approximate surface area is 105 Å². The second kappa shape index (κ2) is 7.11. The van der Waals surface area contributed by atoms with Gasteiger partial charge in [0.05, 0.1) is 12.8 Å². The zero-order valence-electron chi connectivity index (χ0n) is 9.80. The number of carbonyl (C=O) groups excluding carboxylic acids is 1. The minimum atomic E-state index is -1.03. The average Bonchev–Trinajstić information content (AvgIpc) is 2.34. The van der Waals surface area contributed by atoms with Crippen molar-refractivity contribution in [2.45, 2.75) is 12.8 Å². The molecule has 5 heteroatoms. The van der Waals surface area contributed by atoms with E-state index < -0.39 is 11.9 Å². The SMILES string of the molecule is C=CCOc1cccc(OC(=O)CCC(=O)O)c1. The maximum atomic E-state index is 11.3. The van der Waals surface area contributed by atoms with Gasteiger partial charge in [-0.1, -0.05) is 18.7 Å². The second-order valence-corrected chi connectivity index (χ2v) is 3.44. The van der Waals surface area contributed by atoms with E-state index in [2.05, 4.69) is 6.58 Å². The first-order valence-corrected chi connectivity index (χ1v) is 5.38. The minimum absolute atomic E-state index is 0.160. The minimum Gasteiger partial charge on any atom is -0.489 e. The third-order valence-electron chi connectivity index (χ3n) is 1.95. The van der Waals surface area contributed by atoms with Crippen LogP contribution < -0.4 is 9.47 Å². The topological polar surface area (TPSA) is 72.8 Å². The van der Waals surface area contributed by atoms with Gasteiger partial charge in [-0.3, -0.25) is 9.59 Å². The van der Waals surface area contributed by atoms with Gasteiger partial charge in [0, 0.05) is 6.07 Å². The van der Waals surface area contributed by atoms with Crippen LogP contribution in [0.25, 0.3) is 0 Å². The summed E-state index contributed by atoms with van der Waals surface area (Å²) in [6.07, 6.45) is 1.20. The van der Waals surface area contributed by atoms with E-state index >= 15 is 0 Å². The molecule has 1 rings (SSSR count). The van der Waals surface area contributed by atoms with Crippen molar-refractivity contribution in [2.75, 3.05) is 6.61 Å². The van der Waals surface area contributed by atoms with E-state index in [1.807, 2.05) is 0 Å². The van der Waals surface area contributed by atoms with E-state index in [9.17, 15) is 9.59 Å². The summed E-state index contributed by atoms with van der Waals surface area (Å²) in [7, 11) is 0. The Hall–Kier alpha value is -2.30. The molecule has 0 saturated heterocycles. The molecule has 0 spiro atoms. The van der Waals surface area contributed by atoms with Crippen LogP contribution >= 0.6 is 0 Å². The van der Waals surface area contributed by atoms with Crippen LogP contribution in [0.15, 0.2) is 36.9 Å². The zero-order chi connectivity index (χ0) is 13.4. The number of hydrogen-bond acceptors (Lipinski definition) is 4. The summed E-state index contributed by atoms with van der Waals surface area (Å²) in [4.78, 5) is 21.6. The summed E-state index contributed by atoms with van der Waals surface area (Å²) >= 11 is 0. The molecule has 0 fully saturated rings. The van der Waals surface area contributed by atoms with Gasteiger partial charge in [-0.15, -0.1) is 0 Å². The largest absolute Gasteiger partial charge is 0.489 e. The third kappa shape index (κ3) is 5.16. The first kappa shape index (κ1) is 13.8. The van der Waals surface area contributed by atoms with E-state index in [-0.39, 0.29) is 12.8 Å². The number of hydrogen-bond donors (Lipinski definition) is 1. The molecule has 0 aliphatic carbocycles. The maximum Gasteiger partial charge on any atom is 0.311 e. The number of esters is 1. The van der Waals surface area contributed by atoms with Crippen molar-refractivity contribution in [1.82, 2.24) is 0 Å². The molecule has 0 aliphatic heterocycles. The quantitative estimate of drug-likeness (QED) is 0.455. The molecule has 0 bridgehead atoms. The Kier molecular flexibility index (Phi) is 5.44. The highest BCUT2D eigenvalue weighted by molar-refractivity contribution is 5.78. The molecule has 96 valence electrons. The number of aliphatic carboxylic acids is 1. The fourth-order valence-corrected chi connectivity index (χ4v) is 1.17. The van der Waals surface area contributed by atoms with E-state index in [1.165, 1.54) is 0 Å². The van der Waals surface area contributed by atoms with Crippen LogP contribution in [0.2, 0.25) is 0 Å². The molecule has 0 heterocycles. The Morgan fingerprint density at radius 3 is 2.67 bits per heavy atom. The molecular formula is C13H14O5. The van der Waals surface area contributed by atoms with Crippen LogP contribution in [0.1, 0.15) is 12.8 Å². The smallest absolute Gasteiger partial charge is 0.311 e. The number of carboxylic acid groups (broad SMARTS) is 1. The van der Waals surface area contributed by atoms with E-state index in [0.29, 0.717) is 18.1 Å². The van der Waals surface area contributed by atoms with Gasteiger partial charge in [0.1, 0.15) is 18.1 Å². The van der Waals surface area contributed by atoms with Crippen LogP contribution in [-0.4, -0.2) is 23.7 Å². The molecular weight excluding hydrogens is 236 g/mol. The van der Waals surface area contributed by atoms with E-state index in [0.717, 1.165) is 0 Å². The fourth-order valence-electron chi connectivity index (χ4n) is 1.17. The number of ether oxygens (including phenoxy) is 2. The number of benzene rings is 1. The lowest BCUT2D eigenvalue weighted by molar-refractivity contribution is -0.142. The monoisotopic (exact) mass is 250 g/mol. The number of carboxylic acids is 1. The van der Waals surface area contributed by atoms with Gasteiger partial charge in [0.15, 0.2) is 0 Å². The lowest BCUT2D eigenvalue weighted by Gasteiger charge is -2.06. The molecule has 5 nitrogen and oxygen atoms in total. The van der Waals surface area contributed by atoms with Gasteiger partial charge < -0.3 is 14.6 Å². The summed E-state index contributed by atoms with van der Waals surface area (Å²) in [5.41, 5.74) is 0. The van der Waals surface area contributed by atoms with Gasteiger partial charge in [-0.25, -0.2) is 0 Å². The molecule has 0 aliphatic rings. The van der Waals surface area contributed by atoms with Crippen molar-refractivity contribution in [3.05, 3.63) is 36.9 Å². The molecule has 1 aromatic carbocycles. The van der Waals surface area contributed by atoms with Gasteiger partial charge >= 0.3 is 11.9 Å². The van der Waals surface area contributed by atoms with Crippen molar-refractivity contribution in [3.8, 4) is 11.5 Å². The molecule has 0 saturated carbocycles. The lowest BCUT2D eigenvalue weighted by Crippen LogP contribution is -2.10. The Morgan fingerprint density at radius 2 is 2.00 bits per heavy atom. The highest BCUT2D eigenvalue weighted by atomic mass is 16.5. The molecule has 18 heavy (non-hydrogen) atoms. The van der Waals surface area contributed by atoms with Gasteiger partial charge in [0.2, 0.25) is 0 Å². The fraction of sp³-hybridized carbons (Fsp3) is 0.231. The van der Waals surface area contributed by atoms with Crippen LogP contribution in [-0.2, 0) is 9.59 Å². The van der Waals surface area contributed by atoms with Crippen molar-refractivity contribution < 1.29 is 24.2 Å². The van der Waals surface area contributed by atoms with E-state index in [4.69, 9.17) is 14.6 Å². The third-order valence-corrected chi connectivity index (χ3v) is 1.95. The molecule has 0 unspecified atom stereocenters. The van der Waals surface area contributed by atoms with Gasteiger partial charge in [0.25, 0.3) is 0 Å². The number of carbonyl (C=O) groups is 2. The molecule has 0 amide bonds.